The molecule has 0 aliphatic carbocycles. The van der Waals surface area contributed by atoms with Gasteiger partial charge in [-0.3, -0.25) is 9.59 Å². The highest BCUT2D eigenvalue weighted by molar-refractivity contribution is 5.82. The Morgan fingerprint density at radius 2 is 2.10 bits per heavy atom. The first kappa shape index (κ1) is 16.2. The second kappa shape index (κ2) is 9.08. The van der Waals surface area contributed by atoms with Crippen LogP contribution in [0.1, 0.15) is 26.0 Å². The second-order valence-corrected chi connectivity index (χ2v) is 4.08. The molecule has 7 heteroatoms. The largest absolute Gasteiger partial charge is 0.466 e. The quantitative estimate of drug-likeness (QED) is 0.638. The van der Waals surface area contributed by atoms with Gasteiger partial charge in [-0.1, -0.05) is 0 Å². The van der Waals surface area contributed by atoms with Gasteiger partial charge in [-0.15, -0.1) is 0 Å². The number of nitrogens with one attached hydrogen (secondary N) is 2. The monoisotopic (exact) mass is 283 g/mol. The van der Waals surface area contributed by atoms with E-state index >= 15 is 0 Å². The third kappa shape index (κ3) is 5.83. The van der Waals surface area contributed by atoms with Crippen molar-refractivity contribution in [3.05, 3.63) is 18.2 Å². The van der Waals surface area contributed by atoms with Gasteiger partial charge in [0.05, 0.1) is 31.7 Å². The van der Waals surface area contributed by atoms with Crippen LogP contribution in [-0.4, -0.2) is 47.7 Å². The molecule has 0 aromatic carbocycles. The Bertz CT molecular complexity index is 406. The van der Waals surface area contributed by atoms with Crippen LogP contribution in [0, 0.1) is 0 Å². The van der Waals surface area contributed by atoms with Crippen LogP contribution in [-0.2, 0) is 25.5 Å². The van der Waals surface area contributed by atoms with E-state index in [-0.39, 0.29) is 13.0 Å². The Morgan fingerprint density at radius 1 is 1.35 bits per heavy atom. The average molecular weight is 283 g/mol. The fourth-order valence-electron chi connectivity index (χ4n) is 1.67. The molecule has 1 aromatic heterocycles. The Hall–Kier alpha value is -1.89. The van der Waals surface area contributed by atoms with Crippen molar-refractivity contribution in [3.8, 4) is 0 Å². The number of hydrogen-bond acceptors (Lipinski definition) is 6. The molecular formula is C13H21N3O4. The van der Waals surface area contributed by atoms with Crippen molar-refractivity contribution in [2.45, 2.75) is 32.7 Å². The summed E-state index contributed by atoms with van der Waals surface area (Å²) in [5, 5.41) is 3.00. The van der Waals surface area contributed by atoms with Gasteiger partial charge in [-0.2, -0.15) is 0 Å². The normalized spacial score (nSPS) is 11.9. The maximum atomic E-state index is 11.8. The third-order valence-corrected chi connectivity index (χ3v) is 2.57. The van der Waals surface area contributed by atoms with Crippen LogP contribution in [0.2, 0.25) is 0 Å². The Kier molecular flexibility index (Phi) is 7.34. The number of nitrogens with zero attached hydrogens (tertiary/aromatic N) is 1. The number of carbonyl (C=O) groups is 2. The van der Waals surface area contributed by atoms with E-state index in [2.05, 4.69) is 15.3 Å². The molecule has 0 aliphatic rings. The van der Waals surface area contributed by atoms with Gasteiger partial charge in [0.2, 0.25) is 0 Å². The molecule has 1 rings (SSSR count). The molecule has 0 bridgehead atoms. The molecule has 1 atom stereocenters. The molecule has 0 amide bonds. The highest BCUT2D eigenvalue weighted by Crippen LogP contribution is 2.00. The highest BCUT2D eigenvalue weighted by atomic mass is 16.5. The number of hydrogen-bond donors (Lipinski definition) is 2. The summed E-state index contributed by atoms with van der Waals surface area (Å²) in [4.78, 5) is 30.2. The second-order valence-electron chi connectivity index (χ2n) is 4.08. The lowest BCUT2D eigenvalue weighted by Crippen LogP contribution is -2.41. The number of carbonyl (C=O) groups excluding carboxylic acids is 2. The minimum absolute atomic E-state index is 0.0345. The van der Waals surface area contributed by atoms with Crippen LogP contribution in [0.4, 0.5) is 0 Å². The molecule has 0 saturated carbocycles. The van der Waals surface area contributed by atoms with Crippen molar-refractivity contribution in [3.63, 3.8) is 0 Å². The van der Waals surface area contributed by atoms with Gasteiger partial charge in [0.15, 0.2) is 0 Å². The summed E-state index contributed by atoms with van der Waals surface area (Å²) in [7, 11) is 0. The fraction of sp³-hybridized carbons (Fsp3) is 0.615. The summed E-state index contributed by atoms with van der Waals surface area (Å²) in [6.45, 7) is 4.54. The van der Waals surface area contributed by atoms with Gasteiger partial charge in [0, 0.05) is 19.2 Å². The standard InChI is InChI=1S/C13H21N3O4/c1-3-19-12(17)7-11(13(18)20-4-2)15-6-5-10-8-14-9-16-10/h8-9,11,15H,3-7H2,1-2H3,(H,14,16). The Morgan fingerprint density at radius 3 is 2.70 bits per heavy atom. The van der Waals surface area contributed by atoms with Crippen LogP contribution in [0.25, 0.3) is 0 Å². The van der Waals surface area contributed by atoms with Crippen LogP contribution in [0.3, 0.4) is 0 Å². The van der Waals surface area contributed by atoms with Crippen LogP contribution in [0.15, 0.2) is 12.5 Å². The average Bonchev–Trinajstić information content (AvgIpc) is 2.91. The highest BCUT2D eigenvalue weighted by Gasteiger charge is 2.23. The van der Waals surface area contributed by atoms with Crippen molar-refractivity contribution in [2.24, 2.45) is 0 Å². The van der Waals surface area contributed by atoms with Crippen LogP contribution in [0.5, 0.6) is 0 Å². The summed E-state index contributed by atoms with van der Waals surface area (Å²) >= 11 is 0. The van der Waals surface area contributed by atoms with Crippen molar-refractivity contribution in [1.29, 1.82) is 0 Å². The van der Waals surface area contributed by atoms with Crippen molar-refractivity contribution in [2.75, 3.05) is 19.8 Å². The summed E-state index contributed by atoms with van der Waals surface area (Å²) in [6, 6.07) is -0.687. The van der Waals surface area contributed by atoms with E-state index in [1.165, 1.54) is 0 Å². The molecule has 2 N–H and O–H groups in total. The zero-order chi connectivity index (χ0) is 14.8. The molecule has 7 nitrogen and oxygen atoms in total. The molecule has 20 heavy (non-hydrogen) atoms. The molecule has 1 heterocycles. The number of H-pyrrole nitrogens is 1. The molecular weight excluding hydrogens is 262 g/mol. The van der Waals surface area contributed by atoms with E-state index in [0.717, 1.165) is 5.69 Å². The first-order valence-electron chi connectivity index (χ1n) is 6.70. The maximum Gasteiger partial charge on any atom is 0.323 e. The minimum atomic E-state index is -0.687. The minimum Gasteiger partial charge on any atom is -0.466 e. The summed E-state index contributed by atoms with van der Waals surface area (Å²) in [5.74, 6) is -0.861. The smallest absolute Gasteiger partial charge is 0.323 e. The molecule has 1 aromatic rings. The zero-order valence-electron chi connectivity index (χ0n) is 11.8. The van der Waals surface area contributed by atoms with E-state index in [1.807, 2.05) is 0 Å². The number of aromatic amines is 1. The molecule has 0 radical (unpaired) electrons. The van der Waals surface area contributed by atoms with Crippen molar-refractivity contribution in [1.82, 2.24) is 15.3 Å². The van der Waals surface area contributed by atoms with Gasteiger partial charge in [-0.05, 0) is 13.8 Å². The Balaban J connectivity index is 2.44. The summed E-state index contributed by atoms with van der Waals surface area (Å²) in [6.07, 6.45) is 4.00. The molecule has 0 aliphatic heterocycles. The van der Waals surface area contributed by atoms with Crippen molar-refractivity contribution < 1.29 is 19.1 Å². The van der Waals surface area contributed by atoms with Gasteiger partial charge in [0.1, 0.15) is 6.04 Å². The first-order chi connectivity index (χ1) is 9.67. The lowest BCUT2D eigenvalue weighted by molar-refractivity contribution is -0.152. The maximum absolute atomic E-state index is 11.8. The van der Waals surface area contributed by atoms with Gasteiger partial charge < -0.3 is 19.8 Å². The molecule has 0 spiro atoms. The number of ether oxygens (including phenoxy) is 2. The predicted molar refractivity (Wildman–Crippen MR) is 72.0 cm³/mol. The third-order valence-electron chi connectivity index (χ3n) is 2.57. The first-order valence-corrected chi connectivity index (χ1v) is 6.70. The molecule has 0 saturated heterocycles. The van der Waals surface area contributed by atoms with E-state index in [9.17, 15) is 9.59 Å². The van der Waals surface area contributed by atoms with Gasteiger partial charge in [0.25, 0.3) is 0 Å². The SMILES string of the molecule is CCOC(=O)CC(NCCc1c[nH]cn1)C(=O)OCC. The fourth-order valence-corrected chi connectivity index (χ4v) is 1.67. The molecule has 0 fully saturated rings. The van der Waals surface area contributed by atoms with E-state index < -0.39 is 18.0 Å². The number of aromatic nitrogens is 2. The summed E-state index contributed by atoms with van der Waals surface area (Å²) < 4.78 is 9.79. The van der Waals surface area contributed by atoms with Crippen LogP contribution < -0.4 is 5.32 Å². The zero-order valence-corrected chi connectivity index (χ0v) is 11.8. The van der Waals surface area contributed by atoms with Crippen molar-refractivity contribution >= 4 is 11.9 Å². The van der Waals surface area contributed by atoms with Gasteiger partial charge in [-0.25, -0.2) is 4.98 Å². The summed E-state index contributed by atoms with van der Waals surface area (Å²) in [5.41, 5.74) is 0.885. The Labute approximate surface area is 118 Å². The van der Waals surface area contributed by atoms with Crippen LogP contribution >= 0.6 is 0 Å². The van der Waals surface area contributed by atoms with Gasteiger partial charge >= 0.3 is 11.9 Å². The van der Waals surface area contributed by atoms with E-state index in [4.69, 9.17) is 9.47 Å². The number of imidazole rings is 1. The lowest BCUT2D eigenvalue weighted by Gasteiger charge is -2.16. The molecule has 1 unspecified atom stereocenters. The number of rotatable bonds is 9. The van der Waals surface area contributed by atoms with E-state index in [1.54, 1.807) is 26.4 Å². The number of esters is 2. The molecule has 112 valence electrons. The van der Waals surface area contributed by atoms with E-state index in [0.29, 0.717) is 19.6 Å². The predicted octanol–water partition coefficient (Wildman–Crippen LogP) is 0.427. The lowest BCUT2D eigenvalue weighted by atomic mass is 10.2. The topological polar surface area (TPSA) is 93.3 Å².